The molecule has 4 heterocycles. The van der Waals surface area contributed by atoms with E-state index in [0.717, 1.165) is 57.5 Å². The summed E-state index contributed by atoms with van der Waals surface area (Å²) in [4.78, 5) is 14.1. The molecule has 0 unspecified atom stereocenters. The SMILES string of the molecule is Nc1cc(N2CCC(c3ccccn3)CC2)cc(N2CCC(c3ccccn3)CC2)c1. The lowest BCUT2D eigenvalue weighted by molar-refractivity contribution is 0.493. The normalized spacial score (nSPS) is 18.3. The molecule has 0 aliphatic carbocycles. The minimum Gasteiger partial charge on any atom is -0.399 e. The molecule has 1 aromatic carbocycles. The van der Waals surface area contributed by atoms with Gasteiger partial charge in [0, 0.05) is 78.9 Å². The minimum absolute atomic E-state index is 0.559. The fraction of sp³-hybridized carbons (Fsp3) is 0.385. The van der Waals surface area contributed by atoms with Gasteiger partial charge in [0.25, 0.3) is 0 Å². The summed E-state index contributed by atoms with van der Waals surface area (Å²) in [5.41, 5.74) is 12.1. The number of pyridine rings is 2. The largest absolute Gasteiger partial charge is 0.399 e. The summed E-state index contributed by atoms with van der Waals surface area (Å²) >= 11 is 0. The van der Waals surface area contributed by atoms with E-state index >= 15 is 0 Å². The first-order chi connectivity index (χ1) is 15.3. The Bertz CT molecular complexity index is 897. The second kappa shape index (κ2) is 8.96. The Labute approximate surface area is 184 Å². The van der Waals surface area contributed by atoms with E-state index in [4.69, 9.17) is 5.73 Å². The monoisotopic (exact) mass is 413 g/mol. The van der Waals surface area contributed by atoms with Gasteiger partial charge in [-0.2, -0.15) is 0 Å². The number of rotatable bonds is 4. The number of aromatic nitrogens is 2. The van der Waals surface area contributed by atoms with Crippen molar-refractivity contribution in [3.8, 4) is 0 Å². The van der Waals surface area contributed by atoms with Crippen LogP contribution in [0, 0.1) is 0 Å². The molecule has 5 heteroatoms. The highest BCUT2D eigenvalue weighted by Gasteiger charge is 2.24. The van der Waals surface area contributed by atoms with Gasteiger partial charge in [-0.1, -0.05) is 12.1 Å². The van der Waals surface area contributed by atoms with Gasteiger partial charge in [-0.05, 0) is 68.1 Å². The summed E-state index contributed by atoms with van der Waals surface area (Å²) in [6, 6.07) is 19.1. The summed E-state index contributed by atoms with van der Waals surface area (Å²) in [5, 5.41) is 0. The number of benzene rings is 1. The maximum Gasteiger partial charge on any atom is 0.0435 e. The Balaban J connectivity index is 1.24. The number of nitrogen functional groups attached to an aromatic ring is 1. The van der Waals surface area contributed by atoms with E-state index in [2.05, 4.69) is 62.2 Å². The standard InChI is InChI=1S/C26H31N5/c27-22-17-23(30-13-7-20(8-14-30)25-5-1-3-11-28-25)19-24(18-22)31-15-9-21(10-16-31)26-6-2-4-12-29-26/h1-6,11-12,17-21H,7-10,13-16,27H2. The molecule has 0 saturated carbocycles. The van der Waals surface area contributed by atoms with Gasteiger partial charge in [0.05, 0.1) is 0 Å². The van der Waals surface area contributed by atoms with Gasteiger partial charge in [-0.3, -0.25) is 9.97 Å². The second-order valence-electron chi connectivity index (χ2n) is 8.81. The van der Waals surface area contributed by atoms with Crippen LogP contribution < -0.4 is 15.5 Å². The van der Waals surface area contributed by atoms with Crippen LogP contribution in [0.25, 0.3) is 0 Å². The number of hydrogen-bond acceptors (Lipinski definition) is 5. The first kappa shape index (κ1) is 19.9. The van der Waals surface area contributed by atoms with Crippen molar-refractivity contribution in [2.24, 2.45) is 0 Å². The highest BCUT2D eigenvalue weighted by Crippen LogP contribution is 2.35. The number of nitrogens with two attached hydrogens (primary N) is 1. The van der Waals surface area contributed by atoms with Crippen LogP contribution in [0.4, 0.5) is 17.1 Å². The Kier molecular flexibility index (Phi) is 5.74. The second-order valence-corrected chi connectivity index (χ2v) is 8.81. The van der Waals surface area contributed by atoms with Crippen LogP contribution in [0.2, 0.25) is 0 Å². The molecule has 31 heavy (non-hydrogen) atoms. The first-order valence-electron chi connectivity index (χ1n) is 11.5. The van der Waals surface area contributed by atoms with Crippen molar-refractivity contribution in [2.75, 3.05) is 41.7 Å². The summed E-state index contributed by atoms with van der Waals surface area (Å²) in [6.07, 6.45) is 8.35. The van der Waals surface area contributed by atoms with Crippen LogP contribution in [-0.4, -0.2) is 36.1 Å². The predicted octanol–water partition coefficient (Wildman–Crippen LogP) is 4.83. The molecule has 0 atom stereocenters. The van der Waals surface area contributed by atoms with Gasteiger partial charge in [-0.15, -0.1) is 0 Å². The summed E-state index contributed by atoms with van der Waals surface area (Å²) in [6.45, 7) is 4.19. The highest BCUT2D eigenvalue weighted by atomic mass is 15.2. The zero-order chi connectivity index (χ0) is 21.0. The van der Waals surface area contributed by atoms with E-state index < -0.39 is 0 Å². The van der Waals surface area contributed by atoms with Crippen LogP contribution in [0.5, 0.6) is 0 Å². The minimum atomic E-state index is 0.559. The Morgan fingerprint density at radius 3 is 1.48 bits per heavy atom. The van der Waals surface area contributed by atoms with Crippen molar-refractivity contribution in [3.05, 3.63) is 78.4 Å². The maximum atomic E-state index is 6.34. The summed E-state index contributed by atoms with van der Waals surface area (Å²) in [7, 11) is 0. The smallest absolute Gasteiger partial charge is 0.0435 e. The molecule has 2 aromatic heterocycles. The molecule has 2 N–H and O–H groups in total. The molecule has 0 radical (unpaired) electrons. The molecule has 5 nitrogen and oxygen atoms in total. The van der Waals surface area contributed by atoms with Gasteiger partial charge in [0.2, 0.25) is 0 Å². The van der Waals surface area contributed by atoms with Crippen molar-refractivity contribution in [1.29, 1.82) is 0 Å². The van der Waals surface area contributed by atoms with Gasteiger partial charge in [0.15, 0.2) is 0 Å². The third-order valence-electron chi connectivity index (χ3n) is 6.86. The van der Waals surface area contributed by atoms with E-state index in [1.807, 2.05) is 24.5 Å². The highest BCUT2D eigenvalue weighted by molar-refractivity contribution is 5.68. The summed E-state index contributed by atoms with van der Waals surface area (Å²) < 4.78 is 0. The van der Waals surface area contributed by atoms with E-state index in [0.29, 0.717) is 11.8 Å². The maximum absolute atomic E-state index is 6.34. The van der Waals surface area contributed by atoms with E-state index in [-0.39, 0.29) is 0 Å². The van der Waals surface area contributed by atoms with Crippen LogP contribution >= 0.6 is 0 Å². The third-order valence-corrected chi connectivity index (χ3v) is 6.86. The van der Waals surface area contributed by atoms with E-state index in [1.165, 1.54) is 22.8 Å². The average molecular weight is 414 g/mol. The summed E-state index contributed by atoms with van der Waals surface area (Å²) in [5.74, 6) is 1.12. The molecule has 2 aliphatic rings. The van der Waals surface area contributed by atoms with Gasteiger partial charge in [-0.25, -0.2) is 0 Å². The topological polar surface area (TPSA) is 58.3 Å². The first-order valence-corrected chi connectivity index (χ1v) is 11.5. The Morgan fingerprint density at radius 2 is 1.10 bits per heavy atom. The lowest BCUT2D eigenvalue weighted by Crippen LogP contribution is -2.35. The van der Waals surface area contributed by atoms with Crippen molar-refractivity contribution in [3.63, 3.8) is 0 Å². The molecule has 2 aliphatic heterocycles. The Hall–Kier alpha value is -3.08. The van der Waals surface area contributed by atoms with Crippen molar-refractivity contribution < 1.29 is 0 Å². The number of piperidine rings is 2. The number of nitrogens with zero attached hydrogens (tertiary/aromatic N) is 4. The zero-order valence-corrected chi connectivity index (χ0v) is 18.0. The molecular formula is C26H31N5. The molecule has 0 amide bonds. The van der Waals surface area contributed by atoms with E-state index in [9.17, 15) is 0 Å². The van der Waals surface area contributed by atoms with Gasteiger partial charge >= 0.3 is 0 Å². The van der Waals surface area contributed by atoms with Crippen LogP contribution in [0.15, 0.2) is 67.0 Å². The Morgan fingerprint density at radius 1 is 0.645 bits per heavy atom. The molecule has 0 bridgehead atoms. The lowest BCUT2D eigenvalue weighted by atomic mass is 9.92. The van der Waals surface area contributed by atoms with Crippen LogP contribution in [0.3, 0.4) is 0 Å². The quantitative estimate of drug-likeness (QED) is 0.621. The lowest BCUT2D eigenvalue weighted by Gasteiger charge is -2.36. The molecule has 2 saturated heterocycles. The number of hydrogen-bond donors (Lipinski definition) is 1. The number of anilines is 3. The molecular weight excluding hydrogens is 382 g/mol. The molecule has 3 aromatic rings. The fourth-order valence-electron chi connectivity index (χ4n) is 5.09. The molecule has 2 fully saturated rings. The zero-order valence-electron chi connectivity index (χ0n) is 18.0. The van der Waals surface area contributed by atoms with Crippen molar-refractivity contribution in [2.45, 2.75) is 37.5 Å². The van der Waals surface area contributed by atoms with Gasteiger partial charge in [0.1, 0.15) is 0 Å². The van der Waals surface area contributed by atoms with Crippen molar-refractivity contribution >= 4 is 17.1 Å². The molecule has 160 valence electrons. The molecule has 0 spiro atoms. The fourth-order valence-corrected chi connectivity index (χ4v) is 5.09. The average Bonchev–Trinajstić information content (AvgIpc) is 2.85. The van der Waals surface area contributed by atoms with Gasteiger partial charge < -0.3 is 15.5 Å². The third kappa shape index (κ3) is 4.50. The molecule has 5 rings (SSSR count). The van der Waals surface area contributed by atoms with Crippen LogP contribution in [-0.2, 0) is 0 Å². The van der Waals surface area contributed by atoms with E-state index in [1.54, 1.807) is 0 Å². The van der Waals surface area contributed by atoms with Crippen molar-refractivity contribution in [1.82, 2.24) is 9.97 Å². The predicted molar refractivity (Wildman–Crippen MR) is 128 cm³/mol. The van der Waals surface area contributed by atoms with Crippen LogP contribution in [0.1, 0.15) is 48.9 Å².